The van der Waals surface area contributed by atoms with E-state index in [9.17, 15) is 4.79 Å². The first-order valence-electron chi connectivity index (χ1n) is 5.92. The number of carbonyl (C=O) groups is 1. The van der Waals surface area contributed by atoms with Gasteiger partial charge in [-0.2, -0.15) is 0 Å². The zero-order valence-electron chi connectivity index (χ0n) is 11.3. The summed E-state index contributed by atoms with van der Waals surface area (Å²) in [5, 5.41) is 0. The molecule has 1 aromatic carbocycles. The summed E-state index contributed by atoms with van der Waals surface area (Å²) in [5.74, 6) is 0.747. The van der Waals surface area contributed by atoms with Gasteiger partial charge in [0.25, 0.3) is 0 Å². The molecule has 0 fully saturated rings. The Labute approximate surface area is 108 Å². The van der Waals surface area contributed by atoms with Gasteiger partial charge in [-0.25, -0.2) is 0 Å². The maximum absolute atomic E-state index is 11.9. The van der Waals surface area contributed by atoms with Crippen molar-refractivity contribution < 1.29 is 19.0 Å². The Morgan fingerprint density at radius 1 is 1.11 bits per heavy atom. The third-order valence-electron chi connectivity index (χ3n) is 2.43. The molecule has 0 aliphatic carbocycles. The van der Waals surface area contributed by atoms with Crippen molar-refractivity contribution in [2.24, 2.45) is 0 Å². The fourth-order valence-corrected chi connectivity index (χ4v) is 1.52. The fraction of sp³-hybridized carbons (Fsp3) is 0.500. The van der Waals surface area contributed by atoms with Crippen molar-refractivity contribution in [3.63, 3.8) is 0 Å². The van der Waals surface area contributed by atoms with Crippen LogP contribution in [0.4, 0.5) is 0 Å². The first-order chi connectivity index (χ1) is 8.56. The predicted molar refractivity (Wildman–Crippen MR) is 69.0 cm³/mol. The van der Waals surface area contributed by atoms with Crippen molar-refractivity contribution in [1.82, 2.24) is 0 Å². The van der Waals surface area contributed by atoms with Crippen LogP contribution >= 0.6 is 0 Å². The number of Topliss-reactive ketones (excluding diaryl/α,β-unsaturated/α-hetero) is 1. The van der Waals surface area contributed by atoms with Gasteiger partial charge in [0, 0.05) is 19.8 Å². The number of rotatable bonds is 7. The molecule has 100 valence electrons. The van der Waals surface area contributed by atoms with Gasteiger partial charge in [-0.05, 0) is 38.1 Å². The van der Waals surface area contributed by atoms with Gasteiger partial charge in [0.05, 0.1) is 12.5 Å². The summed E-state index contributed by atoms with van der Waals surface area (Å²) < 4.78 is 15.5. The first kappa shape index (κ1) is 14.7. The minimum atomic E-state index is -0.496. The summed E-state index contributed by atoms with van der Waals surface area (Å²) in [6.07, 6.45) is -0.167. The van der Waals surface area contributed by atoms with E-state index in [2.05, 4.69) is 0 Å². The fourth-order valence-electron chi connectivity index (χ4n) is 1.52. The Morgan fingerprint density at radius 3 is 2.11 bits per heavy atom. The molecule has 0 atom stereocenters. The largest absolute Gasteiger partial charge is 0.491 e. The Hall–Kier alpha value is -1.39. The Kier molecular flexibility index (Phi) is 5.82. The molecule has 4 heteroatoms. The zero-order valence-corrected chi connectivity index (χ0v) is 11.3. The van der Waals surface area contributed by atoms with Crippen LogP contribution in [0.25, 0.3) is 0 Å². The summed E-state index contributed by atoms with van der Waals surface area (Å²) >= 11 is 0. The predicted octanol–water partition coefficient (Wildman–Crippen LogP) is 2.67. The van der Waals surface area contributed by atoms with Gasteiger partial charge in [0.15, 0.2) is 12.1 Å². The monoisotopic (exact) mass is 252 g/mol. The highest BCUT2D eigenvalue weighted by molar-refractivity contribution is 5.96. The number of ketones is 1. The number of hydrogen-bond donors (Lipinski definition) is 0. The molecule has 1 rings (SSSR count). The molecule has 0 spiro atoms. The highest BCUT2D eigenvalue weighted by atomic mass is 16.7. The van der Waals surface area contributed by atoms with Crippen molar-refractivity contribution in [1.29, 1.82) is 0 Å². The molecular formula is C14H20O4. The van der Waals surface area contributed by atoms with Crippen LogP contribution in [0.1, 0.15) is 30.6 Å². The van der Waals surface area contributed by atoms with Crippen molar-refractivity contribution in [2.45, 2.75) is 32.7 Å². The number of ether oxygens (including phenoxy) is 3. The normalized spacial score (nSPS) is 11.0. The van der Waals surface area contributed by atoms with E-state index in [-0.39, 0.29) is 18.3 Å². The SMILES string of the molecule is COC(CC(=O)c1ccc(OC(C)C)cc1)OC. The highest BCUT2D eigenvalue weighted by Gasteiger charge is 2.13. The van der Waals surface area contributed by atoms with E-state index in [1.54, 1.807) is 24.3 Å². The average Bonchev–Trinajstić information content (AvgIpc) is 2.35. The van der Waals surface area contributed by atoms with E-state index < -0.39 is 6.29 Å². The lowest BCUT2D eigenvalue weighted by Crippen LogP contribution is -2.18. The van der Waals surface area contributed by atoms with Crippen LogP contribution in [0, 0.1) is 0 Å². The van der Waals surface area contributed by atoms with Crippen LogP contribution in [-0.4, -0.2) is 32.4 Å². The van der Waals surface area contributed by atoms with Crippen molar-refractivity contribution in [3.8, 4) is 5.75 Å². The molecule has 4 nitrogen and oxygen atoms in total. The van der Waals surface area contributed by atoms with E-state index in [4.69, 9.17) is 14.2 Å². The lowest BCUT2D eigenvalue weighted by atomic mass is 10.1. The van der Waals surface area contributed by atoms with Gasteiger partial charge in [0.1, 0.15) is 5.75 Å². The Balaban J connectivity index is 2.64. The van der Waals surface area contributed by atoms with Crippen LogP contribution in [0.2, 0.25) is 0 Å². The van der Waals surface area contributed by atoms with Gasteiger partial charge in [-0.3, -0.25) is 4.79 Å². The lowest BCUT2D eigenvalue weighted by molar-refractivity contribution is -0.0993. The maximum atomic E-state index is 11.9. The summed E-state index contributed by atoms with van der Waals surface area (Å²) in [6, 6.07) is 7.09. The van der Waals surface area contributed by atoms with Crippen LogP contribution in [0.3, 0.4) is 0 Å². The van der Waals surface area contributed by atoms with E-state index in [1.807, 2.05) is 13.8 Å². The highest BCUT2D eigenvalue weighted by Crippen LogP contribution is 2.15. The maximum Gasteiger partial charge on any atom is 0.167 e. The topological polar surface area (TPSA) is 44.8 Å². The number of benzene rings is 1. The molecule has 0 heterocycles. The van der Waals surface area contributed by atoms with Gasteiger partial charge in [-0.15, -0.1) is 0 Å². The van der Waals surface area contributed by atoms with Gasteiger partial charge in [0.2, 0.25) is 0 Å². The molecule has 0 aromatic heterocycles. The second kappa shape index (κ2) is 7.13. The van der Waals surface area contributed by atoms with E-state index in [1.165, 1.54) is 14.2 Å². The average molecular weight is 252 g/mol. The van der Waals surface area contributed by atoms with E-state index >= 15 is 0 Å². The minimum Gasteiger partial charge on any atom is -0.491 e. The molecule has 0 aliphatic rings. The Morgan fingerprint density at radius 2 is 1.67 bits per heavy atom. The van der Waals surface area contributed by atoms with Gasteiger partial charge in [-0.1, -0.05) is 0 Å². The minimum absolute atomic E-state index is 0.0141. The quantitative estimate of drug-likeness (QED) is 0.553. The van der Waals surface area contributed by atoms with Crippen LogP contribution < -0.4 is 4.74 Å². The molecule has 1 aromatic rings. The van der Waals surface area contributed by atoms with Crippen molar-refractivity contribution in [3.05, 3.63) is 29.8 Å². The van der Waals surface area contributed by atoms with E-state index in [0.717, 1.165) is 5.75 Å². The summed E-state index contributed by atoms with van der Waals surface area (Å²) in [7, 11) is 3.03. The first-order valence-corrected chi connectivity index (χ1v) is 5.92. The molecule has 0 amide bonds. The van der Waals surface area contributed by atoms with Crippen molar-refractivity contribution >= 4 is 5.78 Å². The molecule has 0 unspecified atom stereocenters. The number of hydrogen-bond acceptors (Lipinski definition) is 4. The number of carbonyl (C=O) groups excluding carboxylic acids is 1. The summed E-state index contributed by atoms with van der Waals surface area (Å²) in [6.45, 7) is 3.92. The van der Waals surface area contributed by atoms with Gasteiger partial charge >= 0.3 is 0 Å². The Bertz CT molecular complexity index is 366. The summed E-state index contributed by atoms with van der Waals surface area (Å²) in [4.78, 5) is 11.9. The van der Waals surface area contributed by atoms with Gasteiger partial charge < -0.3 is 14.2 Å². The van der Waals surface area contributed by atoms with Crippen LogP contribution in [0.15, 0.2) is 24.3 Å². The second-order valence-electron chi connectivity index (χ2n) is 4.22. The zero-order chi connectivity index (χ0) is 13.5. The van der Waals surface area contributed by atoms with Crippen molar-refractivity contribution in [2.75, 3.05) is 14.2 Å². The van der Waals surface area contributed by atoms with Crippen LogP contribution in [-0.2, 0) is 9.47 Å². The molecule has 0 aliphatic heterocycles. The molecule has 0 radical (unpaired) electrons. The molecule has 18 heavy (non-hydrogen) atoms. The molecular weight excluding hydrogens is 232 g/mol. The third-order valence-corrected chi connectivity index (χ3v) is 2.43. The standard InChI is InChI=1S/C14H20O4/c1-10(2)18-12-7-5-11(6-8-12)13(15)9-14(16-3)17-4/h5-8,10,14H,9H2,1-4H3. The third kappa shape index (κ3) is 4.47. The second-order valence-corrected chi connectivity index (χ2v) is 4.22. The van der Waals surface area contributed by atoms with E-state index in [0.29, 0.717) is 5.56 Å². The van der Waals surface area contributed by atoms with Crippen LogP contribution in [0.5, 0.6) is 5.75 Å². The molecule has 0 saturated heterocycles. The lowest BCUT2D eigenvalue weighted by Gasteiger charge is -2.13. The molecule has 0 saturated carbocycles. The molecule has 0 bridgehead atoms. The molecule has 0 N–H and O–H groups in total. The summed E-state index contributed by atoms with van der Waals surface area (Å²) in [5.41, 5.74) is 0.630. The smallest absolute Gasteiger partial charge is 0.167 e. The number of methoxy groups -OCH3 is 2.